The van der Waals surface area contributed by atoms with E-state index in [0.717, 1.165) is 15.7 Å². The number of ether oxygens (including phenoxy) is 1. The van der Waals surface area contributed by atoms with E-state index in [1.807, 2.05) is 25.1 Å². The van der Waals surface area contributed by atoms with Crippen LogP contribution in [-0.4, -0.2) is 13.0 Å². The molecule has 2 aromatic carbocycles. The zero-order valence-electron chi connectivity index (χ0n) is 14.3. The third-order valence-electron chi connectivity index (χ3n) is 3.89. The van der Waals surface area contributed by atoms with Gasteiger partial charge in [-0.2, -0.15) is 0 Å². The van der Waals surface area contributed by atoms with E-state index < -0.39 is 0 Å². The van der Waals surface area contributed by atoms with E-state index in [-0.39, 0.29) is 24.1 Å². The Labute approximate surface area is 159 Å². The molecule has 0 aliphatic rings. The van der Waals surface area contributed by atoms with Crippen LogP contribution in [0.2, 0.25) is 0 Å². The Balaban J connectivity index is 1.68. The monoisotopic (exact) mass is 417 g/mol. The van der Waals surface area contributed by atoms with E-state index in [1.54, 1.807) is 24.1 Å². The van der Waals surface area contributed by atoms with Gasteiger partial charge in [0.15, 0.2) is 5.76 Å². The molecule has 1 amide bonds. The highest BCUT2D eigenvalue weighted by atomic mass is 79.9. The largest absolute Gasteiger partial charge is 0.486 e. The molecule has 0 atom stereocenters. The van der Waals surface area contributed by atoms with Crippen LogP contribution in [0.5, 0.6) is 5.75 Å². The number of benzene rings is 2. The van der Waals surface area contributed by atoms with Gasteiger partial charge < -0.3 is 14.1 Å². The van der Waals surface area contributed by atoms with E-state index in [2.05, 4.69) is 15.9 Å². The smallest absolute Gasteiger partial charge is 0.293 e. The van der Waals surface area contributed by atoms with E-state index in [9.17, 15) is 9.18 Å². The summed E-state index contributed by atoms with van der Waals surface area (Å²) in [5, 5.41) is 0. The molecule has 1 heterocycles. The molecule has 0 saturated carbocycles. The molecular weight excluding hydrogens is 401 g/mol. The minimum absolute atomic E-state index is 0.153. The fourth-order valence-corrected chi connectivity index (χ4v) is 3.00. The summed E-state index contributed by atoms with van der Waals surface area (Å²) in [5.41, 5.74) is 1.78. The molecule has 0 aliphatic heterocycles. The Bertz CT molecular complexity index is 921. The molecule has 0 spiro atoms. The third kappa shape index (κ3) is 4.14. The van der Waals surface area contributed by atoms with E-state index in [4.69, 9.17) is 9.15 Å². The zero-order chi connectivity index (χ0) is 18.7. The quantitative estimate of drug-likeness (QED) is 0.562. The van der Waals surface area contributed by atoms with E-state index >= 15 is 0 Å². The second-order valence-corrected chi connectivity index (χ2v) is 6.72. The average Bonchev–Trinajstić information content (AvgIpc) is 3.09. The molecule has 0 unspecified atom stereocenters. The van der Waals surface area contributed by atoms with Crippen molar-refractivity contribution in [2.75, 3.05) is 11.9 Å². The zero-order valence-corrected chi connectivity index (χ0v) is 15.9. The van der Waals surface area contributed by atoms with Crippen LogP contribution in [0.1, 0.15) is 21.9 Å². The minimum atomic E-state index is -0.325. The molecule has 0 aliphatic carbocycles. The first-order chi connectivity index (χ1) is 12.4. The summed E-state index contributed by atoms with van der Waals surface area (Å²) in [6.45, 7) is 2.09. The summed E-state index contributed by atoms with van der Waals surface area (Å²) in [6, 6.07) is 14.7. The second-order valence-electron chi connectivity index (χ2n) is 5.80. The number of anilines is 1. The molecule has 3 aromatic rings. The maximum absolute atomic E-state index is 12.9. The van der Waals surface area contributed by atoms with Crippen LogP contribution in [0, 0.1) is 12.7 Å². The SMILES string of the molecule is Cc1cc(Br)ccc1N(C)C(=O)c1ccc(COc2ccc(F)cc2)o1. The molecule has 26 heavy (non-hydrogen) atoms. The molecule has 3 rings (SSSR count). The summed E-state index contributed by atoms with van der Waals surface area (Å²) < 4.78 is 25.0. The lowest BCUT2D eigenvalue weighted by Crippen LogP contribution is -2.26. The van der Waals surface area contributed by atoms with Crippen molar-refractivity contribution in [3.63, 3.8) is 0 Å². The van der Waals surface area contributed by atoms with Gasteiger partial charge in [0, 0.05) is 17.2 Å². The number of halogens is 2. The number of nitrogens with zero attached hydrogens (tertiary/aromatic N) is 1. The average molecular weight is 418 g/mol. The minimum Gasteiger partial charge on any atom is -0.486 e. The van der Waals surface area contributed by atoms with Gasteiger partial charge in [-0.15, -0.1) is 0 Å². The number of amides is 1. The van der Waals surface area contributed by atoms with Crippen molar-refractivity contribution in [2.24, 2.45) is 0 Å². The highest BCUT2D eigenvalue weighted by Gasteiger charge is 2.19. The van der Waals surface area contributed by atoms with Gasteiger partial charge in [0.2, 0.25) is 0 Å². The number of hydrogen-bond donors (Lipinski definition) is 0. The molecule has 6 heteroatoms. The van der Waals surface area contributed by atoms with Gasteiger partial charge in [-0.25, -0.2) is 4.39 Å². The van der Waals surface area contributed by atoms with Crippen molar-refractivity contribution in [1.82, 2.24) is 0 Å². The van der Waals surface area contributed by atoms with Gasteiger partial charge >= 0.3 is 0 Å². The molecule has 0 bridgehead atoms. The van der Waals surface area contributed by atoms with Crippen LogP contribution >= 0.6 is 15.9 Å². The number of carbonyl (C=O) groups is 1. The first-order valence-electron chi connectivity index (χ1n) is 7.95. The lowest BCUT2D eigenvalue weighted by molar-refractivity contribution is 0.0962. The molecule has 1 aromatic heterocycles. The van der Waals surface area contributed by atoms with Crippen LogP contribution in [-0.2, 0) is 6.61 Å². The van der Waals surface area contributed by atoms with Crippen LogP contribution < -0.4 is 9.64 Å². The van der Waals surface area contributed by atoms with E-state index in [0.29, 0.717) is 11.5 Å². The van der Waals surface area contributed by atoms with Crippen LogP contribution in [0.25, 0.3) is 0 Å². The summed E-state index contributed by atoms with van der Waals surface area (Å²) in [6.07, 6.45) is 0. The molecule has 134 valence electrons. The third-order valence-corrected chi connectivity index (χ3v) is 4.39. The molecule has 0 fully saturated rings. The lowest BCUT2D eigenvalue weighted by Gasteiger charge is -2.18. The molecule has 0 radical (unpaired) electrons. The van der Waals surface area contributed by atoms with Gasteiger partial charge in [0.25, 0.3) is 5.91 Å². The van der Waals surface area contributed by atoms with E-state index in [1.165, 1.54) is 24.3 Å². The van der Waals surface area contributed by atoms with Crippen LogP contribution in [0.15, 0.2) is 63.5 Å². The Morgan fingerprint density at radius 1 is 1.15 bits per heavy atom. The first-order valence-corrected chi connectivity index (χ1v) is 8.74. The number of rotatable bonds is 5. The highest BCUT2D eigenvalue weighted by molar-refractivity contribution is 9.10. The molecule has 4 nitrogen and oxygen atoms in total. The van der Waals surface area contributed by atoms with Crippen molar-refractivity contribution >= 4 is 27.5 Å². The molecule has 0 N–H and O–H groups in total. The summed E-state index contributed by atoms with van der Waals surface area (Å²) in [4.78, 5) is 14.2. The summed E-state index contributed by atoms with van der Waals surface area (Å²) >= 11 is 3.41. The fraction of sp³-hybridized carbons (Fsp3) is 0.150. The fourth-order valence-electron chi connectivity index (χ4n) is 2.53. The van der Waals surface area contributed by atoms with Gasteiger partial charge in [-0.05, 0) is 67.1 Å². The van der Waals surface area contributed by atoms with Crippen molar-refractivity contribution < 1.29 is 18.3 Å². The topological polar surface area (TPSA) is 42.7 Å². The maximum Gasteiger partial charge on any atom is 0.293 e. The number of furan rings is 1. The first kappa shape index (κ1) is 18.2. The van der Waals surface area contributed by atoms with Crippen molar-refractivity contribution in [3.8, 4) is 5.75 Å². The Kier molecular flexibility index (Phi) is 5.42. The van der Waals surface area contributed by atoms with Gasteiger partial charge in [0.1, 0.15) is 23.9 Å². The predicted octanol–water partition coefficient (Wildman–Crippen LogP) is 5.35. The van der Waals surface area contributed by atoms with Gasteiger partial charge in [-0.1, -0.05) is 15.9 Å². The Morgan fingerprint density at radius 3 is 2.58 bits per heavy atom. The predicted molar refractivity (Wildman–Crippen MR) is 101 cm³/mol. The summed E-state index contributed by atoms with van der Waals surface area (Å²) in [7, 11) is 1.70. The Hall–Kier alpha value is -2.60. The number of aryl methyl sites for hydroxylation is 1. The Morgan fingerprint density at radius 2 is 1.88 bits per heavy atom. The molecule has 0 saturated heterocycles. The highest BCUT2D eigenvalue weighted by Crippen LogP contribution is 2.25. The van der Waals surface area contributed by atoms with Crippen molar-refractivity contribution in [3.05, 3.63) is 82.0 Å². The number of carbonyl (C=O) groups excluding carboxylic acids is 1. The van der Waals surface area contributed by atoms with Gasteiger partial charge in [-0.3, -0.25) is 4.79 Å². The van der Waals surface area contributed by atoms with Crippen LogP contribution in [0.4, 0.5) is 10.1 Å². The standard InChI is InChI=1S/C20H17BrFNO3/c1-13-11-14(21)3-9-18(13)23(2)20(24)19-10-8-17(26-19)12-25-16-6-4-15(22)5-7-16/h3-11H,12H2,1-2H3. The maximum atomic E-state index is 12.9. The lowest BCUT2D eigenvalue weighted by atomic mass is 10.2. The van der Waals surface area contributed by atoms with Crippen molar-refractivity contribution in [2.45, 2.75) is 13.5 Å². The van der Waals surface area contributed by atoms with Gasteiger partial charge in [0.05, 0.1) is 0 Å². The van der Waals surface area contributed by atoms with Crippen molar-refractivity contribution in [1.29, 1.82) is 0 Å². The normalized spacial score (nSPS) is 10.6. The number of hydrogen-bond acceptors (Lipinski definition) is 3. The second kappa shape index (κ2) is 7.74. The van der Waals surface area contributed by atoms with Crippen LogP contribution in [0.3, 0.4) is 0 Å². The molecular formula is C20H17BrFNO3. The summed E-state index contributed by atoms with van der Waals surface area (Å²) in [5.74, 6) is 0.697.